The highest BCUT2D eigenvalue weighted by molar-refractivity contribution is 9.11. The summed E-state index contributed by atoms with van der Waals surface area (Å²) in [6.45, 7) is 2.02. The molecule has 0 bridgehead atoms. The fourth-order valence-electron chi connectivity index (χ4n) is 12.4. The van der Waals surface area contributed by atoms with Gasteiger partial charge in [0.1, 0.15) is 23.1 Å². The van der Waals surface area contributed by atoms with E-state index in [1.807, 2.05) is 49.4 Å². The maximum absolute atomic E-state index is 13.1. The molecule has 0 amide bonds. The number of hydrogen-bond acceptors (Lipinski definition) is 15. The van der Waals surface area contributed by atoms with E-state index in [0.717, 1.165) is 83.7 Å². The molecular weight excluding hydrogens is 1990 g/mol. The van der Waals surface area contributed by atoms with Crippen LogP contribution in [0.1, 0.15) is 42.7 Å². The first-order valence-corrected chi connectivity index (χ1v) is 39.3. The van der Waals surface area contributed by atoms with Crippen molar-refractivity contribution in [3.05, 3.63) is 340 Å². The lowest BCUT2D eigenvalue weighted by molar-refractivity contribution is -0.384. The minimum Gasteiger partial charge on any atom is -0.399 e. The molecule has 7 aromatic heterocycles. The molecule has 0 radical (unpaired) electrons. The van der Waals surface area contributed by atoms with Gasteiger partial charge in [0.2, 0.25) is 0 Å². The quantitative estimate of drug-likeness (QED) is 0.0409. The molecule has 0 spiro atoms. The number of nitrogens with one attached hydrogen (secondary N) is 3. The summed E-state index contributed by atoms with van der Waals surface area (Å²) in [5.74, 6) is 0. The number of aromatic nitrogens is 9. The number of nitro groups is 2. The molecule has 21 nitrogen and oxygen atoms in total. The molecule has 7 N–H and O–H groups in total. The van der Waals surface area contributed by atoms with Crippen molar-refractivity contribution in [1.29, 1.82) is 0 Å². The van der Waals surface area contributed by atoms with Crippen molar-refractivity contribution in [2.75, 3.05) is 22.1 Å². The summed E-state index contributed by atoms with van der Waals surface area (Å²) in [6.07, 6.45) is -11.1. The minimum absolute atomic E-state index is 0. The standard InChI is InChI=1S/C18H11BrF3N3O.C17H9BrF3N3O.C16H9BrF3N3O2.C16H11BrF3N3.C9H4BrClN2O2.C7H9N.2CH4/c1-24-15-9-23-14-6-5-11(19)8-13(14)16(15)25(17(24)26)12-4-2-3-10(7-12)18(20,21)22;18-10-4-5-13-12(7-10)15-14(8-22-13)23-16(25)24(15)11-3-1-2-9(6-11)17(19,20)21;17-10-4-5-13-12(7-10)15(14(8-21-13)23(24)25)22-11-3-1-2-9(6-11)16(18,19)20;17-10-4-5-14-12(7-10)15(13(21)8-22-14)23-11-3-1-2-9(6-11)16(18,19)20;10-5-1-2-7-6(3-5)9(11)8(4-12-7)13(14)15;1-6-3-2-4-7(8)5-6;;/h2-9H,1H3;1-8H,(H,23,25);1-8H,(H,21,22);1-8H,21H2,(H,22,23);1-4H;2-5H,8H2,1H3;2*1H4. The molecule has 0 saturated carbocycles. The van der Waals surface area contributed by atoms with E-state index in [-0.39, 0.29) is 54.0 Å². The van der Waals surface area contributed by atoms with Crippen molar-refractivity contribution >= 4 is 213 Å². The second-order valence-corrected chi connectivity index (χ2v) is 31.2. The van der Waals surface area contributed by atoms with E-state index in [0.29, 0.717) is 92.7 Å². The maximum atomic E-state index is 13.1. The second-order valence-electron chi connectivity index (χ2n) is 26.3. The maximum Gasteiger partial charge on any atom is 0.416 e. The van der Waals surface area contributed by atoms with Crippen LogP contribution in [0, 0.1) is 27.2 Å². The van der Waals surface area contributed by atoms with Crippen LogP contribution in [0.15, 0.2) is 275 Å². The van der Waals surface area contributed by atoms with Crippen molar-refractivity contribution in [3.63, 3.8) is 0 Å². The van der Waals surface area contributed by atoms with Crippen LogP contribution in [-0.2, 0) is 31.8 Å². The molecule has 0 atom stereocenters. The van der Waals surface area contributed by atoms with Crippen LogP contribution in [0.5, 0.6) is 0 Å². The average molecular weight is 2050 g/mol. The molecule has 17 rings (SSSR count). The van der Waals surface area contributed by atoms with E-state index in [1.54, 1.807) is 92.1 Å². The number of alkyl halides is 12. The summed E-state index contributed by atoms with van der Waals surface area (Å²) in [5, 5.41) is 30.8. The predicted molar refractivity (Wildman–Crippen MR) is 478 cm³/mol. The van der Waals surface area contributed by atoms with Gasteiger partial charge in [0.25, 0.3) is 0 Å². The van der Waals surface area contributed by atoms with Crippen LogP contribution < -0.4 is 33.5 Å². The molecule has 0 aliphatic heterocycles. The molecule has 124 heavy (non-hydrogen) atoms. The number of imidazole rings is 2. The minimum atomic E-state index is -4.51. The van der Waals surface area contributed by atoms with Gasteiger partial charge in [0.05, 0.1) is 123 Å². The van der Waals surface area contributed by atoms with Gasteiger partial charge in [0, 0.05) is 73.4 Å². The van der Waals surface area contributed by atoms with Crippen LogP contribution in [0.25, 0.3) is 88.0 Å². The zero-order valence-corrected chi connectivity index (χ0v) is 70.7. The largest absolute Gasteiger partial charge is 0.416 e. The van der Waals surface area contributed by atoms with Gasteiger partial charge in [-0.2, -0.15) is 52.7 Å². The lowest BCUT2D eigenvalue weighted by Gasteiger charge is -2.14. The number of anilines is 6. The van der Waals surface area contributed by atoms with Gasteiger partial charge in [-0.3, -0.25) is 48.9 Å². The van der Waals surface area contributed by atoms with Crippen molar-refractivity contribution in [2.45, 2.75) is 46.5 Å². The van der Waals surface area contributed by atoms with Gasteiger partial charge in [-0.25, -0.2) is 19.6 Å². The summed E-state index contributed by atoms with van der Waals surface area (Å²) < 4.78 is 163. The Bertz CT molecular complexity index is 7030. The first-order chi connectivity index (χ1) is 57.6. The third kappa shape index (κ3) is 21.8. The number of benzene rings is 10. The van der Waals surface area contributed by atoms with E-state index < -0.39 is 68.2 Å². The van der Waals surface area contributed by atoms with Crippen molar-refractivity contribution in [1.82, 2.24) is 43.6 Å². The van der Waals surface area contributed by atoms with Crippen LogP contribution >= 0.6 is 91.3 Å². The fourth-order valence-corrected chi connectivity index (χ4v) is 14.4. The Kier molecular flexibility index (Phi) is 29.2. The average Bonchev–Trinajstić information content (AvgIpc) is 1.58. The number of nitrogen functional groups attached to an aromatic ring is 2. The lowest BCUT2D eigenvalue weighted by Crippen LogP contribution is -2.21. The molecule has 7 heterocycles. The Morgan fingerprint density at radius 3 is 1.25 bits per heavy atom. The van der Waals surface area contributed by atoms with Crippen LogP contribution in [-0.4, -0.2) is 53.5 Å². The summed E-state index contributed by atoms with van der Waals surface area (Å²) in [6, 6.07) is 53.1. The third-order valence-electron chi connectivity index (χ3n) is 17.9. The van der Waals surface area contributed by atoms with E-state index in [4.69, 9.17) is 23.1 Å². The highest BCUT2D eigenvalue weighted by Gasteiger charge is 2.35. The lowest BCUT2D eigenvalue weighted by atomic mass is 10.1. The summed E-state index contributed by atoms with van der Waals surface area (Å²) in [4.78, 5) is 69.4. The molecule has 0 aliphatic rings. The summed E-state index contributed by atoms with van der Waals surface area (Å²) in [7, 11) is 1.57. The first kappa shape index (κ1) is 93.9. The van der Waals surface area contributed by atoms with Gasteiger partial charge >= 0.3 is 47.5 Å². The number of nitrogens with zero attached hydrogens (tertiary/aromatic N) is 10. The number of aryl methyl sites for hydroxylation is 2. The van der Waals surface area contributed by atoms with E-state index >= 15 is 0 Å². The molecular formula is C85H61Br5ClF12N15O6. The smallest absolute Gasteiger partial charge is 0.399 e. The monoisotopic (exact) mass is 2050 g/mol. The van der Waals surface area contributed by atoms with Gasteiger partial charge in [-0.15, -0.1) is 0 Å². The highest BCUT2D eigenvalue weighted by Crippen LogP contribution is 2.42. The third-order valence-corrected chi connectivity index (χ3v) is 20.8. The zero-order valence-electron chi connectivity index (χ0n) is 62.0. The van der Waals surface area contributed by atoms with E-state index in [2.05, 4.69) is 120 Å². The Labute approximate surface area is 740 Å². The van der Waals surface area contributed by atoms with Gasteiger partial charge in [0.15, 0.2) is 0 Å². The number of halogens is 18. The Morgan fingerprint density at radius 1 is 0.427 bits per heavy atom. The molecule has 0 fully saturated rings. The SMILES string of the molecule is C.C.Cc1cccc(N)c1.Cn1c(=O)n(-c2cccc(C(F)(F)F)c2)c2c3cc(Br)ccc3ncc21.Nc1cnc2ccc(Br)cc2c1Nc1cccc(C(F)(F)F)c1.O=[N+]([O-])c1cnc2ccc(Br)cc2c1Cl.O=[N+]([O-])c1cnc2ccc(Br)cc2c1Nc1cccc(C(F)(F)F)c1.O=c1[nH]c2cnc3ccc(Br)cc3c2n1-c1cccc(C(F)(F)F)c1. The molecule has 10 aromatic carbocycles. The first-order valence-electron chi connectivity index (χ1n) is 35.0. The fraction of sp³-hybridized carbons (Fsp3) is 0.0941. The molecule has 0 unspecified atom stereocenters. The Morgan fingerprint density at radius 2 is 0.798 bits per heavy atom. The molecule has 17 aromatic rings. The van der Waals surface area contributed by atoms with Gasteiger partial charge in [-0.05, 0) is 188 Å². The van der Waals surface area contributed by atoms with Crippen LogP contribution in [0.4, 0.5) is 98.2 Å². The number of fused-ring (bicyclic) bond motifs is 9. The van der Waals surface area contributed by atoms with Gasteiger partial charge < -0.3 is 27.1 Å². The van der Waals surface area contributed by atoms with Gasteiger partial charge in [-0.1, -0.05) is 143 Å². The molecule has 0 saturated heterocycles. The number of H-pyrrole nitrogens is 1. The number of hydrogen-bond donors (Lipinski definition) is 5. The molecule has 638 valence electrons. The van der Waals surface area contributed by atoms with Crippen LogP contribution in [0.2, 0.25) is 5.02 Å². The van der Waals surface area contributed by atoms with Crippen LogP contribution in [0.3, 0.4) is 0 Å². The molecule has 0 aliphatic carbocycles. The highest BCUT2D eigenvalue weighted by atomic mass is 79.9. The number of aromatic amines is 1. The van der Waals surface area contributed by atoms with Crippen molar-refractivity contribution < 1.29 is 62.5 Å². The Balaban J connectivity index is 0.000000159. The zero-order chi connectivity index (χ0) is 88.2. The van der Waals surface area contributed by atoms with E-state index in [9.17, 15) is 82.5 Å². The predicted octanol–water partition coefficient (Wildman–Crippen LogP) is 26.7. The number of rotatable bonds is 8. The topological polar surface area (TPSA) is 292 Å². The molecule has 39 heteroatoms. The number of pyridine rings is 5. The van der Waals surface area contributed by atoms with E-state index in [1.165, 1.54) is 80.3 Å². The Hall–Kier alpha value is -12.4. The second kappa shape index (κ2) is 38.6. The number of nitrogens with two attached hydrogens (primary N) is 2. The summed E-state index contributed by atoms with van der Waals surface area (Å²) in [5.41, 5.74) is 15.5. The normalized spacial score (nSPS) is 11.4. The summed E-state index contributed by atoms with van der Waals surface area (Å²) >= 11 is 22.6. The van der Waals surface area contributed by atoms with Crippen molar-refractivity contribution in [2.24, 2.45) is 7.05 Å². The van der Waals surface area contributed by atoms with Crippen molar-refractivity contribution in [3.8, 4) is 11.4 Å².